The van der Waals surface area contributed by atoms with Crippen LogP contribution in [0.15, 0.2) is 30.3 Å². The van der Waals surface area contributed by atoms with Gasteiger partial charge in [0.15, 0.2) is 0 Å². The molecule has 1 heterocycles. The predicted octanol–water partition coefficient (Wildman–Crippen LogP) is 4.08. The molecule has 2 rings (SSSR count). The van der Waals surface area contributed by atoms with Gasteiger partial charge in [-0.05, 0) is 44.7 Å². The summed E-state index contributed by atoms with van der Waals surface area (Å²) in [5.74, 6) is -1.41. The van der Waals surface area contributed by atoms with Crippen molar-refractivity contribution in [1.82, 2.24) is 5.43 Å². The fourth-order valence-electron chi connectivity index (χ4n) is 3.46. The lowest BCUT2D eigenvalue weighted by atomic mass is 9.72. The quantitative estimate of drug-likeness (QED) is 0.470. The number of cyclic esters (lactones) is 2. The van der Waals surface area contributed by atoms with Crippen LogP contribution in [-0.2, 0) is 14.3 Å². The second kappa shape index (κ2) is 7.03. The van der Waals surface area contributed by atoms with Crippen LogP contribution < -0.4 is 10.4 Å². The third-order valence-corrected chi connectivity index (χ3v) is 5.95. The third kappa shape index (κ3) is 3.78. The van der Waals surface area contributed by atoms with Crippen LogP contribution in [0.2, 0.25) is 0 Å². The summed E-state index contributed by atoms with van der Waals surface area (Å²) < 4.78 is 4.79. The Morgan fingerprint density at radius 3 is 2.08 bits per heavy atom. The van der Waals surface area contributed by atoms with Crippen molar-refractivity contribution in [3.63, 3.8) is 0 Å². The number of ether oxygens (including phenoxy) is 1. The molecule has 1 N–H and O–H groups in total. The minimum Gasteiger partial charge on any atom is -0.393 e. The Kier molecular flexibility index (Phi) is 5.52. The molecule has 0 spiro atoms. The summed E-state index contributed by atoms with van der Waals surface area (Å²) in [5.41, 5.74) is 3.71. The molecule has 0 saturated carbocycles. The Balaban J connectivity index is 2.45. The van der Waals surface area contributed by atoms with Crippen molar-refractivity contribution in [2.45, 2.75) is 72.4 Å². The molecule has 26 heavy (non-hydrogen) atoms. The molecule has 0 radical (unpaired) electrons. The second-order valence-corrected chi connectivity index (χ2v) is 8.93. The molecule has 2 unspecified atom stereocenters. The fourth-order valence-corrected chi connectivity index (χ4v) is 3.46. The minimum absolute atomic E-state index is 0.0350. The van der Waals surface area contributed by atoms with Crippen molar-refractivity contribution in [3.8, 4) is 0 Å². The largest absolute Gasteiger partial charge is 0.393 e. The van der Waals surface area contributed by atoms with E-state index in [1.807, 2.05) is 32.0 Å². The first-order chi connectivity index (χ1) is 11.9. The lowest BCUT2D eigenvalue weighted by Gasteiger charge is -2.53. The highest BCUT2D eigenvalue weighted by atomic mass is 16.6. The van der Waals surface area contributed by atoms with E-state index in [-0.39, 0.29) is 17.4 Å². The van der Waals surface area contributed by atoms with Crippen LogP contribution in [0.1, 0.15) is 61.3 Å². The molecule has 1 aliphatic heterocycles. The lowest BCUT2D eigenvalue weighted by Crippen LogP contribution is -2.66. The summed E-state index contributed by atoms with van der Waals surface area (Å²) in [5, 5.41) is 2.17. The molecule has 0 aliphatic carbocycles. The van der Waals surface area contributed by atoms with Gasteiger partial charge in [0.2, 0.25) is 0 Å². The van der Waals surface area contributed by atoms with Crippen LogP contribution in [0.3, 0.4) is 0 Å². The summed E-state index contributed by atoms with van der Waals surface area (Å²) in [6, 6.07) is 10.1. The first kappa shape index (κ1) is 20.4. The Bertz CT molecular complexity index is 664. The number of nitrogens with zero attached hydrogens (tertiary/aromatic N) is 1. The number of rotatable bonds is 6. The van der Waals surface area contributed by atoms with Crippen molar-refractivity contribution in [3.05, 3.63) is 30.3 Å². The Hall–Kier alpha value is -1.88. The third-order valence-electron chi connectivity index (χ3n) is 5.95. The van der Waals surface area contributed by atoms with E-state index in [0.29, 0.717) is 0 Å². The van der Waals surface area contributed by atoms with Gasteiger partial charge in [-0.25, -0.2) is 5.43 Å². The topological polar surface area (TPSA) is 58.6 Å². The van der Waals surface area contributed by atoms with Crippen LogP contribution in [0.25, 0.3) is 0 Å². The van der Waals surface area contributed by atoms with Gasteiger partial charge in [-0.3, -0.25) is 9.59 Å². The number of carbonyl (C=O) groups excluding carboxylic acids is 2. The SMILES string of the molecule is CCC(C)(N(NC(C)(C)C1CC(=O)OC1=O)c1ccccc1)C(C)(C)C. The lowest BCUT2D eigenvalue weighted by molar-refractivity contribution is -0.153. The van der Waals surface area contributed by atoms with E-state index in [0.717, 1.165) is 12.1 Å². The van der Waals surface area contributed by atoms with Gasteiger partial charge in [0.1, 0.15) is 0 Å². The van der Waals surface area contributed by atoms with E-state index in [1.165, 1.54) is 0 Å². The van der Waals surface area contributed by atoms with Crippen LogP contribution in [0.5, 0.6) is 0 Å². The Morgan fingerprint density at radius 2 is 1.65 bits per heavy atom. The standard InChI is InChI=1S/C21H32N2O3/c1-8-21(7,19(2,3)4)23(15-12-10-9-11-13-15)22-20(5,6)16-14-17(24)26-18(16)25/h9-13,16,22H,8,14H2,1-7H3. The van der Waals surface area contributed by atoms with Crippen LogP contribution in [0, 0.1) is 11.3 Å². The van der Waals surface area contributed by atoms with Gasteiger partial charge in [-0.15, -0.1) is 0 Å². The van der Waals surface area contributed by atoms with E-state index in [9.17, 15) is 9.59 Å². The zero-order valence-electron chi connectivity index (χ0n) is 17.1. The number of hydrogen-bond acceptors (Lipinski definition) is 5. The van der Waals surface area contributed by atoms with Crippen LogP contribution >= 0.6 is 0 Å². The van der Waals surface area contributed by atoms with Gasteiger partial charge in [-0.1, -0.05) is 45.9 Å². The normalized spacial score (nSPS) is 20.7. The summed E-state index contributed by atoms with van der Waals surface area (Å²) in [7, 11) is 0. The molecular weight excluding hydrogens is 328 g/mol. The van der Waals surface area contributed by atoms with E-state index < -0.39 is 23.4 Å². The smallest absolute Gasteiger partial charge is 0.319 e. The van der Waals surface area contributed by atoms with Gasteiger partial charge in [0.25, 0.3) is 0 Å². The summed E-state index contributed by atoms with van der Waals surface area (Å²) in [4.78, 5) is 23.8. The van der Waals surface area contributed by atoms with E-state index in [4.69, 9.17) is 4.74 Å². The average molecular weight is 360 g/mol. The number of hydrazine groups is 1. The van der Waals surface area contributed by atoms with Gasteiger partial charge in [0, 0.05) is 5.54 Å². The highest BCUT2D eigenvalue weighted by Gasteiger charge is 2.48. The maximum atomic E-state index is 12.2. The van der Waals surface area contributed by atoms with Gasteiger partial charge in [0.05, 0.1) is 23.6 Å². The molecule has 1 saturated heterocycles. The van der Waals surface area contributed by atoms with Crippen molar-refractivity contribution >= 4 is 17.6 Å². The summed E-state index contributed by atoms with van der Waals surface area (Å²) in [6.45, 7) is 14.9. The average Bonchev–Trinajstić information content (AvgIpc) is 2.91. The highest BCUT2D eigenvalue weighted by molar-refractivity contribution is 5.95. The molecule has 5 nitrogen and oxygen atoms in total. The van der Waals surface area contributed by atoms with Gasteiger partial charge >= 0.3 is 11.9 Å². The van der Waals surface area contributed by atoms with Crippen molar-refractivity contribution < 1.29 is 14.3 Å². The molecule has 1 aromatic carbocycles. The second-order valence-electron chi connectivity index (χ2n) is 8.93. The Morgan fingerprint density at radius 1 is 1.08 bits per heavy atom. The fraction of sp³-hybridized carbons (Fsp3) is 0.619. The predicted molar refractivity (Wildman–Crippen MR) is 103 cm³/mol. The number of esters is 2. The monoisotopic (exact) mass is 360 g/mol. The first-order valence-electron chi connectivity index (χ1n) is 9.30. The first-order valence-corrected chi connectivity index (χ1v) is 9.30. The van der Waals surface area contributed by atoms with Crippen LogP contribution in [0.4, 0.5) is 5.69 Å². The molecular formula is C21H32N2O3. The molecule has 5 heteroatoms. The highest BCUT2D eigenvalue weighted by Crippen LogP contribution is 2.41. The molecule has 0 amide bonds. The molecule has 1 aliphatic rings. The molecule has 1 aromatic rings. The van der Waals surface area contributed by atoms with E-state index >= 15 is 0 Å². The number of hydrogen-bond donors (Lipinski definition) is 1. The van der Waals surface area contributed by atoms with Crippen molar-refractivity contribution in [1.29, 1.82) is 0 Å². The molecule has 2 atom stereocenters. The van der Waals surface area contributed by atoms with Crippen molar-refractivity contribution in [2.75, 3.05) is 5.01 Å². The Labute approximate surface area is 157 Å². The maximum absolute atomic E-state index is 12.2. The molecule has 0 aromatic heterocycles. The summed E-state index contributed by atoms with van der Waals surface area (Å²) in [6.07, 6.45) is 1.02. The van der Waals surface area contributed by atoms with Crippen LogP contribution in [-0.4, -0.2) is 23.0 Å². The number of para-hydroxylation sites is 1. The number of carbonyl (C=O) groups is 2. The van der Waals surface area contributed by atoms with E-state index in [2.05, 4.69) is 57.2 Å². The zero-order chi connectivity index (χ0) is 19.8. The number of benzene rings is 1. The van der Waals surface area contributed by atoms with Gasteiger partial charge < -0.3 is 9.75 Å². The number of nitrogens with one attached hydrogen (secondary N) is 1. The minimum atomic E-state index is -0.638. The van der Waals surface area contributed by atoms with Crippen molar-refractivity contribution in [2.24, 2.45) is 11.3 Å². The molecule has 1 fully saturated rings. The van der Waals surface area contributed by atoms with Gasteiger partial charge in [-0.2, -0.15) is 0 Å². The summed E-state index contributed by atoms with van der Waals surface area (Å²) >= 11 is 0. The number of anilines is 1. The molecule has 144 valence electrons. The zero-order valence-corrected chi connectivity index (χ0v) is 17.1. The molecule has 0 bridgehead atoms. The maximum Gasteiger partial charge on any atom is 0.319 e. The van der Waals surface area contributed by atoms with E-state index in [1.54, 1.807) is 0 Å².